The quantitative estimate of drug-likeness (QED) is 0.611. The van der Waals surface area contributed by atoms with Crippen molar-refractivity contribution in [2.24, 2.45) is 0 Å². The highest BCUT2D eigenvalue weighted by Crippen LogP contribution is 2.19. The summed E-state index contributed by atoms with van der Waals surface area (Å²) in [6, 6.07) is 0.166. The predicted molar refractivity (Wildman–Crippen MR) is 48.2 cm³/mol. The number of rotatable bonds is 3. The van der Waals surface area contributed by atoms with Crippen molar-refractivity contribution in [3.63, 3.8) is 0 Å². The smallest absolute Gasteiger partial charge is 0.166 e. The van der Waals surface area contributed by atoms with Crippen molar-refractivity contribution in [3.05, 3.63) is 34.9 Å². The lowest BCUT2D eigenvalue weighted by Gasteiger charge is -2.10. The molecule has 1 aromatic carbocycles. The lowest BCUT2D eigenvalue weighted by molar-refractivity contribution is 0.428. The van der Waals surface area contributed by atoms with E-state index in [-0.39, 0.29) is 18.7 Å². The van der Waals surface area contributed by atoms with Gasteiger partial charge < -0.3 is 5.32 Å². The molecule has 0 radical (unpaired) electrons. The van der Waals surface area contributed by atoms with Gasteiger partial charge in [-0.2, -0.15) is 0 Å². The fraction of sp³-hybridized carbons (Fsp3) is 0.400. The minimum atomic E-state index is -1.38. The Morgan fingerprint density at radius 3 is 1.93 bits per heavy atom. The van der Waals surface area contributed by atoms with E-state index in [1.807, 2.05) is 0 Å². The molecule has 0 aliphatic rings. The molecular formula is C10H11F4N. The van der Waals surface area contributed by atoms with Crippen molar-refractivity contribution in [1.82, 2.24) is 5.32 Å². The van der Waals surface area contributed by atoms with Gasteiger partial charge in [0.2, 0.25) is 0 Å². The predicted octanol–water partition coefficient (Wildman–Crippen LogP) is 2.74. The summed E-state index contributed by atoms with van der Waals surface area (Å²) >= 11 is 0. The zero-order valence-corrected chi connectivity index (χ0v) is 8.37. The molecule has 0 amide bonds. The van der Waals surface area contributed by atoms with Gasteiger partial charge in [0.15, 0.2) is 23.3 Å². The van der Waals surface area contributed by atoms with Crippen LogP contribution in [0.25, 0.3) is 0 Å². The molecule has 1 N–H and O–H groups in total. The van der Waals surface area contributed by atoms with Gasteiger partial charge in [-0.05, 0) is 0 Å². The monoisotopic (exact) mass is 221 g/mol. The van der Waals surface area contributed by atoms with Crippen LogP contribution < -0.4 is 5.32 Å². The van der Waals surface area contributed by atoms with E-state index in [9.17, 15) is 17.6 Å². The van der Waals surface area contributed by atoms with Crippen LogP contribution in [-0.4, -0.2) is 6.04 Å². The van der Waals surface area contributed by atoms with Gasteiger partial charge >= 0.3 is 0 Å². The Labute approximate surface area is 85.1 Å². The maximum atomic E-state index is 13.1. The van der Waals surface area contributed by atoms with Gasteiger partial charge in [-0.15, -0.1) is 0 Å². The largest absolute Gasteiger partial charge is 0.310 e. The number of nitrogens with one attached hydrogen (secondary N) is 1. The Balaban J connectivity index is 3.04. The Bertz CT molecular complexity index is 337. The zero-order valence-electron chi connectivity index (χ0n) is 8.37. The van der Waals surface area contributed by atoms with E-state index in [1.54, 1.807) is 13.8 Å². The van der Waals surface area contributed by atoms with Crippen LogP contribution in [0.5, 0.6) is 0 Å². The number of halogens is 4. The highest BCUT2D eigenvalue weighted by atomic mass is 19.2. The number of hydrogen-bond donors (Lipinski definition) is 1. The van der Waals surface area contributed by atoms with Crippen LogP contribution >= 0.6 is 0 Å². The molecule has 0 aliphatic heterocycles. The van der Waals surface area contributed by atoms with Gasteiger partial charge in [0.05, 0.1) is 0 Å². The van der Waals surface area contributed by atoms with Crippen molar-refractivity contribution in [2.45, 2.75) is 26.4 Å². The fourth-order valence-electron chi connectivity index (χ4n) is 1.08. The summed E-state index contributed by atoms with van der Waals surface area (Å²) in [5.74, 6) is -5.45. The van der Waals surface area contributed by atoms with Gasteiger partial charge in [-0.1, -0.05) is 13.8 Å². The molecule has 84 valence electrons. The second-order valence-corrected chi connectivity index (χ2v) is 3.48. The van der Waals surface area contributed by atoms with E-state index in [0.29, 0.717) is 0 Å². The first-order valence-corrected chi connectivity index (χ1v) is 4.48. The maximum Gasteiger partial charge on any atom is 0.166 e. The lowest BCUT2D eigenvalue weighted by Crippen LogP contribution is -2.23. The SMILES string of the molecule is CC(C)NCc1c(F)c(F)cc(F)c1F. The highest BCUT2D eigenvalue weighted by molar-refractivity contribution is 5.22. The Hall–Kier alpha value is -1.10. The van der Waals surface area contributed by atoms with Crippen LogP contribution in [0, 0.1) is 23.3 Å². The molecule has 0 fully saturated rings. The molecule has 15 heavy (non-hydrogen) atoms. The standard InChI is InChI=1S/C10H11F4N/c1-5(2)15-4-6-9(13)7(11)3-8(12)10(6)14/h3,5,15H,4H2,1-2H3. The van der Waals surface area contributed by atoms with Crippen molar-refractivity contribution in [1.29, 1.82) is 0 Å². The summed E-state index contributed by atoms with van der Waals surface area (Å²) in [7, 11) is 0. The van der Waals surface area contributed by atoms with Crippen LogP contribution in [0.3, 0.4) is 0 Å². The molecule has 1 aromatic rings. The summed E-state index contributed by atoms with van der Waals surface area (Å²) < 4.78 is 51.6. The Morgan fingerprint density at radius 2 is 1.53 bits per heavy atom. The summed E-state index contributed by atoms with van der Waals surface area (Å²) in [6.07, 6.45) is 0. The first-order valence-electron chi connectivity index (χ1n) is 4.48. The van der Waals surface area contributed by atoms with E-state index in [4.69, 9.17) is 0 Å². The third kappa shape index (κ3) is 2.68. The van der Waals surface area contributed by atoms with Crippen molar-refractivity contribution < 1.29 is 17.6 Å². The molecule has 0 heterocycles. The van der Waals surface area contributed by atoms with E-state index in [0.717, 1.165) is 0 Å². The van der Waals surface area contributed by atoms with Gasteiger partial charge in [-0.3, -0.25) is 0 Å². The zero-order chi connectivity index (χ0) is 11.6. The molecule has 5 heteroatoms. The first kappa shape index (κ1) is 12.0. The van der Waals surface area contributed by atoms with E-state index < -0.39 is 28.8 Å². The van der Waals surface area contributed by atoms with Crippen molar-refractivity contribution in [2.75, 3.05) is 0 Å². The van der Waals surface area contributed by atoms with Crippen LogP contribution in [0.1, 0.15) is 19.4 Å². The second kappa shape index (κ2) is 4.61. The molecule has 0 unspecified atom stereocenters. The van der Waals surface area contributed by atoms with Gasteiger partial charge in [0, 0.05) is 24.2 Å². The van der Waals surface area contributed by atoms with Crippen LogP contribution in [0.2, 0.25) is 0 Å². The molecule has 0 saturated carbocycles. The van der Waals surface area contributed by atoms with Gasteiger partial charge in [0.25, 0.3) is 0 Å². The van der Waals surface area contributed by atoms with Gasteiger partial charge in [-0.25, -0.2) is 17.6 Å². The molecular weight excluding hydrogens is 210 g/mol. The van der Waals surface area contributed by atoms with E-state index >= 15 is 0 Å². The average Bonchev–Trinajstić information content (AvgIpc) is 2.14. The normalized spacial score (nSPS) is 11.1. The van der Waals surface area contributed by atoms with Gasteiger partial charge in [0.1, 0.15) is 0 Å². The van der Waals surface area contributed by atoms with Crippen LogP contribution in [-0.2, 0) is 6.54 Å². The molecule has 1 rings (SSSR count). The van der Waals surface area contributed by atoms with Crippen molar-refractivity contribution in [3.8, 4) is 0 Å². The lowest BCUT2D eigenvalue weighted by atomic mass is 10.1. The molecule has 1 nitrogen and oxygen atoms in total. The summed E-state index contributed by atoms with van der Waals surface area (Å²) in [4.78, 5) is 0. The molecule has 0 bridgehead atoms. The minimum Gasteiger partial charge on any atom is -0.310 e. The number of hydrogen-bond acceptors (Lipinski definition) is 1. The Kier molecular flexibility index (Phi) is 3.68. The van der Waals surface area contributed by atoms with Crippen LogP contribution in [0.4, 0.5) is 17.6 Å². The highest BCUT2D eigenvalue weighted by Gasteiger charge is 2.18. The molecule has 0 aliphatic carbocycles. The second-order valence-electron chi connectivity index (χ2n) is 3.48. The van der Waals surface area contributed by atoms with E-state index in [2.05, 4.69) is 5.32 Å². The Morgan fingerprint density at radius 1 is 1.07 bits per heavy atom. The summed E-state index contributed by atoms with van der Waals surface area (Å²) in [5.41, 5.74) is -0.610. The van der Waals surface area contributed by atoms with Crippen LogP contribution in [0.15, 0.2) is 6.07 Å². The third-order valence-electron chi connectivity index (χ3n) is 1.89. The topological polar surface area (TPSA) is 12.0 Å². The molecule has 0 spiro atoms. The fourth-order valence-corrected chi connectivity index (χ4v) is 1.08. The minimum absolute atomic E-state index is 0.0323. The third-order valence-corrected chi connectivity index (χ3v) is 1.89. The summed E-state index contributed by atoms with van der Waals surface area (Å²) in [5, 5.41) is 2.68. The molecule has 0 saturated heterocycles. The molecule has 0 aromatic heterocycles. The summed E-state index contributed by atoms with van der Waals surface area (Å²) in [6.45, 7) is 3.26. The maximum absolute atomic E-state index is 13.1. The molecule has 0 atom stereocenters. The van der Waals surface area contributed by atoms with Crippen molar-refractivity contribution >= 4 is 0 Å². The van der Waals surface area contributed by atoms with E-state index in [1.165, 1.54) is 0 Å². The average molecular weight is 221 g/mol. The first-order chi connectivity index (χ1) is 6.93. The number of benzene rings is 1.